The maximum absolute atomic E-state index is 13.6. The van der Waals surface area contributed by atoms with E-state index in [0.717, 1.165) is 17.3 Å². The lowest BCUT2D eigenvalue weighted by Gasteiger charge is -2.06. The molecule has 1 aromatic carbocycles. The van der Waals surface area contributed by atoms with Gasteiger partial charge in [-0.05, 0) is 47.9 Å². The third kappa shape index (κ3) is 3.01. The van der Waals surface area contributed by atoms with Crippen LogP contribution in [0.25, 0.3) is 22.3 Å². The molecule has 3 aromatic heterocycles. The van der Waals surface area contributed by atoms with Gasteiger partial charge in [-0.2, -0.15) is 0 Å². The molecule has 0 radical (unpaired) electrons. The summed E-state index contributed by atoms with van der Waals surface area (Å²) in [6.45, 7) is 1.87. The van der Waals surface area contributed by atoms with Crippen molar-refractivity contribution in [3.63, 3.8) is 0 Å². The van der Waals surface area contributed by atoms with Gasteiger partial charge in [-0.25, -0.2) is 18.6 Å². The van der Waals surface area contributed by atoms with Crippen molar-refractivity contribution in [3.05, 3.63) is 82.2 Å². The number of imidazole rings is 1. The minimum atomic E-state index is -0.457. The van der Waals surface area contributed by atoms with E-state index >= 15 is 0 Å². The van der Waals surface area contributed by atoms with Crippen LogP contribution in [0, 0.1) is 18.6 Å². The second-order valence-corrected chi connectivity index (χ2v) is 6.47. The molecule has 0 saturated heterocycles. The number of rotatable bonds is 3. The van der Waals surface area contributed by atoms with Gasteiger partial charge in [0.15, 0.2) is 5.65 Å². The van der Waals surface area contributed by atoms with Gasteiger partial charge in [-0.15, -0.1) is 0 Å². The van der Waals surface area contributed by atoms with Gasteiger partial charge in [0.2, 0.25) is 0 Å². The smallest absolute Gasteiger partial charge is 0.286 e. The maximum atomic E-state index is 13.6. The molecular formula is C20H16F2N4O. The monoisotopic (exact) mass is 366 g/mol. The van der Waals surface area contributed by atoms with Crippen LogP contribution in [0.3, 0.4) is 0 Å². The highest BCUT2D eigenvalue weighted by atomic mass is 19.1. The Morgan fingerprint density at radius 3 is 2.59 bits per heavy atom. The van der Waals surface area contributed by atoms with E-state index in [2.05, 4.69) is 9.97 Å². The Kier molecular flexibility index (Phi) is 4.07. The van der Waals surface area contributed by atoms with Crippen molar-refractivity contribution < 1.29 is 8.78 Å². The molecule has 0 saturated carbocycles. The van der Waals surface area contributed by atoms with Crippen molar-refractivity contribution in [1.82, 2.24) is 19.1 Å². The van der Waals surface area contributed by atoms with E-state index in [1.165, 1.54) is 27.5 Å². The Morgan fingerprint density at radius 2 is 1.85 bits per heavy atom. The van der Waals surface area contributed by atoms with Gasteiger partial charge >= 0.3 is 5.69 Å². The Balaban J connectivity index is 1.87. The van der Waals surface area contributed by atoms with Crippen LogP contribution >= 0.6 is 0 Å². The molecule has 0 aliphatic carbocycles. The van der Waals surface area contributed by atoms with E-state index in [1.54, 1.807) is 32.3 Å². The first-order valence-electron chi connectivity index (χ1n) is 8.35. The third-order valence-electron chi connectivity index (χ3n) is 4.57. The van der Waals surface area contributed by atoms with Crippen LogP contribution in [0.15, 0.2) is 53.7 Å². The lowest BCUT2D eigenvalue weighted by molar-refractivity contribution is 0.615. The first-order valence-corrected chi connectivity index (χ1v) is 8.35. The summed E-state index contributed by atoms with van der Waals surface area (Å²) in [4.78, 5) is 20.9. The zero-order valence-electron chi connectivity index (χ0n) is 14.8. The van der Waals surface area contributed by atoms with Gasteiger partial charge in [0.25, 0.3) is 0 Å². The number of nitrogens with zero attached hydrogens (tertiary/aromatic N) is 4. The number of hydrogen-bond acceptors (Lipinski definition) is 3. The first-order chi connectivity index (χ1) is 12.9. The molecule has 0 bridgehead atoms. The Labute approximate surface area is 153 Å². The van der Waals surface area contributed by atoms with Crippen LogP contribution in [0.5, 0.6) is 0 Å². The summed E-state index contributed by atoms with van der Waals surface area (Å²) in [5, 5.41) is 0. The molecule has 4 rings (SSSR count). The fraction of sp³-hybridized carbons (Fsp3) is 0.150. The SMILES string of the molecule is Cc1cc(-c2cnc3c(c2)n(Cc2cncc(F)c2)c(=O)n3C)ccc1F. The van der Waals surface area contributed by atoms with Crippen molar-refractivity contribution in [2.75, 3.05) is 0 Å². The minimum absolute atomic E-state index is 0.175. The predicted molar refractivity (Wildman–Crippen MR) is 98.4 cm³/mol. The lowest BCUT2D eigenvalue weighted by Crippen LogP contribution is -2.22. The van der Waals surface area contributed by atoms with Crippen molar-refractivity contribution in [1.29, 1.82) is 0 Å². The van der Waals surface area contributed by atoms with Crippen molar-refractivity contribution >= 4 is 11.2 Å². The summed E-state index contributed by atoms with van der Waals surface area (Å²) in [5.74, 6) is -0.732. The molecule has 0 aliphatic rings. The third-order valence-corrected chi connectivity index (χ3v) is 4.57. The second-order valence-electron chi connectivity index (χ2n) is 6.47. The van der Waals surface area contributed by atoms with E-state index in [-0.39, 0.29) is 18.1 Å². The topological polar surface area (TPSA) is 52.7 Å². The van der Waals surface area contributed by atoms with Gasteiger partial charge in [0.1, 0.15) is 11.6 Å². The Hall–Kier alpha value is -3.35. The molecule has 5 nitrogen and oxygen atoms in total. The van der Waals surface area contributed by atoms with Gasteiger partial charge in [0, 0.05) is 25.0 Å². The zero-order valence-corrected chi connectivity index (χ0v) is 14.8. The van der Waals surface area contributed by atoms with Crippen LogP contribution in [0.2, 0.25) is 0 Å². The molecule has 0 amide bonds. The molecule has 0 unspecified atom stereocenters. The highest BCUT2D eigenvalue weighted by Crippen LogP contribution is 2.24. The van der Waals surface area contributed by atoms with E-state index in [0.29, 0.717) is 22.3 Å². The summed E-state index contributed by atoms with van der Waals surface area (Å²) >= 11 is 0. The van der Waals surface area contributed by atoms with E-state index in [4.69, 9.17) is 0 Å². The van der Waals surface area contributed by atoms with Crippen molar-refractivity contribution in [2.24, 2.45) is 7.05 Å². The largest absolute Gasteiger partial charge is 0.330 e. The number of aryl methyl sites for hydroxylation is 2. The van der Waals surface area contributed by atoms with E-state index in [9.17, 15) is 13.6 Å². The van der Waals surface area contributed by atoms with Crippen LogP contribution in [0.4, 0.5) is 8.78 Å². The highest BCUT2D eigenvalue weighted by molar-refractivity contribution is 5.79. The van der Waals surface area contributed by atoms with Crippen molar-refractivity contribution in [2.45, 2.75) is 13.5 Å². The summed E-state index contributed by atoms with van der Waals surface area (Å²) < 4.78 is 30.0. The molecule has 0 aliphatic heterocycles. The van der Waals surface area contributed by atoms with E-state index in [1.807, 2.05) is 6.07 Å². The van der Waals surface area contributed by atoms with E-state index < -0.39 is 5.82 Å². The number of aromatic nitrogens is 4. The second kappa shape index (κ2) is 6.42. The summed E-state index contributed by atoms with van der Waals surface area (Å²) in [7, 11) is 1.64. The molecule has 7 heteroatoms. The standard InChI is InChI=1S/C20H16F2N4O/c1-12-5-14(3-4-17(12)22)15-7-18-19(24-9-15)25(2)20(27)26(18)11-13-6-16(21)10-23-8-13/h3-10H,11H2,1-2H3. The minimum Gasteiger partial charge on any atom is -0.286 e. The lowest BCUT2D eigenvalue weighted by atomic mass is 10.0. The average molecular weight is 366 g/mol. The molecule has 3 heterocycles. The molecule has 27 heavy (non-hydrogen) atoms. The predicted octanol–water partition coefficient (Wildman–Crippen LogP) is 3.43. The molecule has 0 fully saturated rings. The van der Waals surface area contributed by atoms with Crippen LogP contribution < -0.4 is 5.69 Å². The molecular weight excluding hydrogens is 350 g/mol. The number of halogens is 2. The summed E-state index contributed by atoms with van der Waals surface area (Å²) in [6, 6.07) is 8.00. The van der Waals surface area contributed by atoms with Gasteiger partial charge in [-0.3, -0.25) is 14.1 Å². The Morgan fingerprint density at radius 1 is 1.04 bits per heavy atom. The fourth-order valence-electron chi connectivity index (χ4n) is 3.14. The number of hydrogen-bond donors (Lipinski definition) is 0. The molecule has 136 valence electrons. The number of pyridine rings is 2. The Bertz CT molecular complexity index is 1230. The quantitative estimate of drug-likeness (QED) is 0.558. The molecule has 0 atom stereocenters. The molecule has 0 spiro atoms. The molecule has 0 N–H and O–H groups in total. The molecule has 4 aromatic rings. The van der Waals surface area contributed by atoms with Gasteiger partial charge < -0.3 is 0 Å². The summed E-state index contributed by atoms with van der Waals surface area (Å²) in [6.07, 6.45) is 4.30. The number of benzene rings is 1. The normalized spacial score (nSPS) is 11.3. The van der Waals surface area contributed by atoms with Crippen molar-refractivity contribution in [3.8, 4) is 11.1 Å². The first kappa shape index (κ1) is 17.1. The zero-order chi connectivity index (χ0) is 19.1. The average Bonchev–Trinajstić information content (AvgIpc) is 2.88. The van der Waals surface area contributed by atoms with Crippen LogP contribution in [-0.2, 0) is 13.6 Å². The number of fused-ring (bicyclic) bond motifs is 1. The van der Waals surface area contributed by atoms with Gasteiger partial charge in [-0.1, -0.05) is 6.07 Å². The van der Waals surface area contributed by atoms with Gasteiger partial charge in [0.05, 0.1) is 18.3 Å². The maximum Gasteiger partial charge on any atom is 0.330 e. The van der Waals surface area contributed by atoms with Crippen LogP contribution in [0.1, 0.15) is 11.1 Å². The van der Waals surface area contributed by atoms with Crippen LogP contribution in [-0.4, -0.2) is 19.1 Å². The summed E-state index contributed by atoms with van der Waals surface area (Å²) in [5.41, 5.74) is 3.56. The fourth-order valence-corrected chi connectivity index (χ4v) is 3.14. The highest BCUT2D eigenvalue weighted by Gasteiger charge is 2.14.